The van der Waals surface area contributed by atoms with Gasteiger partial charge in [0.2, 0.25) is 0 Å². The SMILES string of the molecule is COc1ccc(CNCc2ncc[nH]2)cc1C. The topological polar surface area (TPSA) is 49.9 Å². The van der Waals surface area contributed by atoms with E-state index in [0.29, 0.717) is 0 Å². The maximum atomic E-state index is 5.23. The second-order valence-electron chi connectivity index (χ2n) is 3.94. The number of H-pyrrole nitrogens is 1. The van der Waals surface area contributed by atoms with Gasteiger partial charge < -0.3 is 15.0 Å². The molecule has 0 saturated heterocycles. The average Bonchev–Trinajstić information content (AvgIpc) is 2.82. The lowest BCUT2D eigenvalue weighted by molar-refractivity contribution is 0.411. The van der Waals surface area contributed by atoms with Crippen molar-refractivity contribution in [1.82, 2.24) is 15.3 Å². The van der Waals surface area contributed by atoms with Crippen LogP contribution >= 0.6 is 0 Å². The molecule has 0 aliphatic carbocycles. The normalized spacial score (nSPS) is 10.5. The molecule has 1 aromatic carbocycles. The van der Waals surface area contributed by atoms with Crippen LogP contribution in [0, 0.1) is 6.92 Å². The van der Waals surface area contributed by atoms with Crippen LogP contribution < -0.4 is 10.1 Å². The van der Waals surface area contributed by atoms with Gasteiger partial charge in [0.05, 0.1) is 13.7 Å². The van der Waals surface area contributed by atoms with Crippen molar-refractivity contribution in [2.24, 2.45) is 0 Å². The summed E-state index contributed by atoms with van der Waals surface area (Å²) >= 11 is 0. The van der Waals surface area contributed by atoms with Crippen molar-refractivity contribution in [2.45, 2.75) is 20.0 Å². The standard InChI is InChI=1S/C13H17N3O/c1-10-7-11(3-4-12(10)17-2)8-14-9-13-15-5-6-16-13/h3-7,14H,8-9H2,1-2H3,(H,15,16). The fourth-order valence-corrected chi connectivity index (χ4v) is 1.77. The lowest BCUT2D eigenvalue weighted by atomic mass is 10.1. The number of hydrogen-bond donors (Lipinski definition) is 2. The van der Waals surface area contributed by atoms with Crippen LogP contribution in [0.4, 0.5) is 0 Å². The van der Waals surface area contributed by atoms with Crippen LogP contribution in [0.2, 0.25) is 0 Å². The Bertz CT molecular complexity index is 466. The predicted octanol–water partition coefficient (Wildman–Crippen LogP) is 2.02. The number of ether oxygens (including phenoxy) is 1. The highest BCUT2D eigenvalue weighted by atomic mass is 16.5. The third-order valence-electron chi connectivity index (χ3n) is 2.64. The van der Waals surface area contributed by atoms with E-state index in [1.54, 1.807) is 13.3 Å². The minimum Gasteiger partial charge on any atom is -0.496 e. The molecule has 0 atom stereocenters. The molecule has 0 aliphatic heterocycles. The molecule has 2 aromatic rings. The highest BCUT2D eigenvalue weighted by Crippen LogP contribution is 2.18. The molecular weight excluding hydrogens is 214 g/mol. The summed E-state index contributed by atoms with van der Waals surface area (Å²) in [5.41, 5.74) is 2.40. The summed E-state index contributed by atoms with van der Waals surface area (Å²) < 4.78 is 5.23. The first kappa shape index (κ1) is 11.7. The van der Waals surface area contributed by atoms with E-state index < -0.39 is 0 Å². The Morgan fingerprint density at radius 1 is 1.35 bits per heavy atom. The molecule has 0 spiro atoms. The van der Waals surface area contributed by atoms with Gasteiger partial charge in [-0.25, -0.2) is 4.98 Å². The smallest absolute Gasteiger partial charge is 0.121 e. The highest BCUT2D eigenvalue weighted by molar-refractivity contribution is 5.36. The first-order chi connectivity index (χ1) is 8.29. The third kappa shape index (κ3) is 3.07. The van der Waals surface area contributed by atoms with E-state index in [2.05, 4.69) is 34.3 Å². The van der Waals surface area contributed by atoms with E-state index in [1.165, 1.54) is 5.56 Å². The molecule has 0 amide bonds. The number of aromatic nitrogens is 2. The number of aryl methyl sites for hydroxylation is 1. The Balaban J connectivity index is 1.89. The summed E-state index contributed by atoms with van der Waals surface area (Å²) in [6.07, 6.45) is 3.59. The zero-order chi connectivity index (χ0) is 12.1. The van der Waals surface area contributed by atoms with Gasteiger partial charge >= 0.3 is 0 Å². The fourth-order valence-electron chi connectivity index (χ4n) is 1.77. The number of aromatic amines is 1. The highest BCUT2D eigenvalue weighted by Gasteiger charge is 2.00. The van der Waals surface area contributed by atoms with Crippen LogP contribution in [0.5, 0.6) is 5.75 Å². The molecule has 1 heterocycles. The second kappa shape index (κ2) is 5.50. The molecule has 90 valence electrons. The molecule has 2 N–H and O–H groups in total. The maximum Gasteiger partial charge on any atom is 0.121 e. The van der Waals surface area contributed by atoms with Gasteiger partial charge in [-0.2, -0.15) is 0 Å². The predicted molar refractivity (Wildman–Crippen MR) is 66.9 cm³/mol. The van der Waals surface area contributed by atoms with Crippen molar-refractivity contribution in [2.75, 3.05) is 7.11 Å². The first-order valence-corrected chi connectivity index (χ1v) is 5.62. The van der Waals surface area contributed by atoms with Crippen molar-refractivity contribution in [3.8, 4) is 5.75 Å². The van der Waals surface area contributed by atoms with E-state index in [9.17, 15) is 0 Å². The minimum atomic E-state index is 0.748. The van der Waals surface area contributed by atoms with Crippen LogP contribution in [0.15, 0.2) is 30.6 Å². The number of benzene rings is 1. The molecule has 17 heavy (non-hydrogen) atoms. The zero-order valence-electron chi connectivity index (χ0n) is 10.2. The summed E-state index contributed by atoms with van der Waals surface area (Å²) in [5, 5.41) is 3.33. The van der Waals surface area contributed by atoms with Crippen LogP contribution in [-0.2, 0) is 13.1 Å². The molecular formula is C13H17N3O. The summed E-state index contributed by atoms with van der Waals surface area (Å²) in [5.74, 6) is 1.88. The van der Waals surface area contributed by atoms with Gasteiger partial charge in [0, 0.05) is 18.9 Å². The summed E-state index contributed by atoms with van der Waals surface area (Å²) in [7, 11) is 1.69. The van der Waals surface area contributed by atoms with Gasteiger partial charge in [0.15, 0.2) is 0 Å². The summed E-state index contributed by atoms with van der Waals surface area (Å²) in [6.45, 7) is 3.62. The molecule has 0 radical (unpaired) electrons. The summed E-state index contributed by atoms with van der Waals surface area (Å²) in [4.78, 5) is 7.21. The molecule has 0 unspecified atom stereocenters. The van der Waals surface area contributed by atoms with Crippen molar-refractivity contribution in [3.63, 3.8) is 0 Å². The van der Waals surface area contributed by atoms with E-state index in [0.717, 1.165) is 30.2 Å². The Hall–Kier alpha value is -1.81. The van der Waals surface area contributed by atoms with Gasteiger partial charge in [0.25, 0.3) is 0 Å². The maximum absolute atomic E-state index is 5.23. The van der Waals surface area contributed by atoms with Crippen molar-refractivity contribution >= 4 is 0 Å². The van der Waals surface area contributed by atoms with Crippen LogP contribution in [0.25, 0.3) is 0 Å². The quantitative estimate of drug-likeness (QED) is 0.827. The second-order valence-corrected chi connectivity index (χ2v) is 3.94. The Morgan fingerprint density at radius 3 is 2.88 bits per heavy atom. The molecule has 0 fully saturated rings. The van der Waals surface area contributed by atoms with E-state index >= 15 is 0 Å². The molecule has 0 bridgehead atoms. The molecule has 1 aromatic heterocycles. The Morgan fingerprint density at radius 2 is 2.24 bits per heavy atom. The number of hydrogen-bond acceptors (Lipinski definition) is 3. The number of imidazole rings is 1. The van der Waals surface area contributed by atoms with E-state index in [1.807, 2.05) is 12.3 Å². The van der Waals surface area contributed by atoms with Crippen molar-refractivity contribution in [1.29, 1.82) is 0 Å². The number of methoxy groups -OCH3 is 1. The molecule has 0 aliphatic rings. The largest absolute Gasteiger partial charge is 0.496 e. The number of rotatable bonds is 5. The van der Waals surface area contributed by atoms with Gasteiger partial charge in [-0.05, 0) is 24.1 Å². The molecule has 0 saturated carbocycles. The van der Waals surface area contributed by atoms with Crippen molar-refractivity contribution < 1.29 is 4.74 Å². The zero-order valence-corrected chi connectivity index (χ0v) is 10.2. The minimum absolute atomic E-state index is 0.748. The lowest BCUT2D eigenvalue weighted by Gasteiger charge is -2.08. The van der Waals surface area contributed by atoms with Crippen molar-refractivity contribution in [3.05, 3.63) is 47.5 Å². The molecule has 4 heteroatoms. The molecule has 2 rings (SSSR count). The average molecular weight is 231 g/mol. The number of nitrogens with one attached hydrogen (secondary N) is 2. The van der Waals surface area contributed by atoms with Crippen LogP contribution in [0.3, 0.4) is 0 Å². The Kier molecular flexibility index (Phi) is 3.77. The third-order valence-corrected chi connectivity index (χ3v) is 2.64. The molecule has 4 nitrogen and oxygen atoms in total. The van der Waals surface area contributed by atoms with E-state index in [4.69, 9.17) is 4.74 Å². The van der Waals surface area contributed by atoms with Gasteiger partial charge in [-0.15, -0.1) is 0 Å². The Labute approximate surface area is 101 Å². The fraction of sp³-hybridized carbons (Fsp3) is 0.308. The summed E-state index contributed by atoms with van der Waals surface area (Å²) in [6, 6.07) is 6.20. The van der Waals surface area contributed by atoms with Crippen LogP contribution in [-0.4, -0.2) is 17.1 Å². The monoisotopic (exact) mass is 231 g/mol. The van der Waals surface area contributed by atoms with Crippen LogP contribution in [0.1, 0.15) is 17.0 Å². The first-order valence-electron chi connectivity index (χ1n) is 5.62. The van der Waals surface area contributed by atoms with E-state index in [-0.39, 0.29) is 0 Å². The lowest BCUT2D eigenvalue weighted by Crippen LogP contribution is -2.13. The van der Waals surface area contributed by atoms with Gasteiger partial charge in [0.1, 0.15) is 11.6 Å². The number of nitrogens with zero attached hydrogens (tertiary/aromatic N) is 1. The van der Waals surface area contributed by atoms with Gasteiger partial charge in [-0.3, -0.25) is 0 Å². The van der Waals surface area contributed by atoms with Gasteiger partial charge in [-0.1, -0.05) is 12.1 Å².